The summed E-state index contributed by atoms with van der Waals surface area (Å²) in [4.78, 5) is 6.65. The number of hydrogen-bond acceptors (Lipinski definition) is 4. The lowest BCUT2D eigenvalue weighted by molar-refractivity contribution is 0.279. The number of benzene rings is 2. The zero-order valence-electron chi connectivity index (χ0n) is 16.2. The minimum Gasteiger partial charge on any atom is -0.372 e. The van der Waals surface area contributed by atoms with Gasteiger partial charge in [-0.25, -0.2) is 4.39 Å². The SMILES string of the molecule is Cc1cc(-c2n[nH]c3cc4c(cc23)CN(CCc2ccc(F)cc2)CN4)ccn1. The first-order valence-electron chi connectivity index (χ1n) is 9.80. The van der Waals surface area contributed by atoms with Gasteiger partial charge in [-0.15, -0.1) is 0 Å². The topological polar surface area (TPSA) is 56.8 Å². The number of anilines is 1. The van der Waals surface area contributed by atoms with Crippen LogP contribution in [-0.2, 0) is 13.0 Å². The van der Waals surface area contributed by atoms with E-state index in [0.717, 1.165) is 65.3 Å². The molecule has 6 heteroatoms. The number of halogens is 1. The van der Waals surface area contributed by atoms with Crippen molar-refractivity contribution in [3.63, 3.8) is 0 Å². The smallest absolute Gasteiger partial charge is 0.123 e. The van der Waals surface area contributed by atoms with E-state index in [-0.39, 0.29) is 5.82 Å². The van der Waals surface area contributed by atoms with Gasteiger partial charge < -0.3 is 5.32 Å². The van der Waals surface area contributed by atoms with Crippen LogP contribution in [0.3, 0.4) is 0 Å². The number of nitrogens with one attached hydrogen (secondary N) is 2. The lowest BCUT2D eigenvalue weighted by Gasteiger charge is -2.30. The predicted molar refractivity (Wildman–Crippen MR) is 113 cm³/mol. The Bertz CT molecular complexity index is 1170. The molecular formula is C23H22FN5. The van der Waals surface area contributed by atoms with Gasteiger partial charge in [-0.2, -0.15) is 5.10 Å². The zero-order chi connectivity index (χ0) is 19.8. The molecule has 0 saturated carbocycles. The average molecular weight is 387 g/mol. The number of rotatable bonds is 4. The summed E-state index contributed by atoms with van der Waals surface area (Å²) in [7, 11) is 0. The van der Waals surface area contributed by atoms with Gasteiger partial charge in [-0.3, -0.25) is 15.0 Å². The molecule has 29 heavy (non-hydrogen) atoms. The summed E-state index contributed by atoms with van der Waals surface area (Å²) in [5.74, 6) is -0.188. The van der Waals surface area contributed by atoms with Crippen LogP contribution in [-0.4, -0.2) is 33.3 Å². The van der Waals surface area contributed by atoms with Crippen LogP contribution < -0.4 is 5.32 Å². The maximum absolute atomic E-state index is 13.1. The summed E-state index contributed by atoms with van der Waals surface area (Å²) >= 11 is 0. The summed E-state index contributed by atoms with van der Waals surface area (Å²) in [6.07, 6.45) is 2.72. The van der Waals surface area contributed by atoms with Gasteiger partial charge in [0.1, 0.15) is 11.5 Å². The van der Waals surface area contributed by atoms with E-state index in [9.17, 15) is 4.39 Å². The van der Waals surface area contributed by atoms with E-state index in [1.165, 1.54) is 17.7 Å². The second kappa shape index (κ2) is 7.29. The molecule has 0 saturated heterocycles. The predicted octanol–water partition coefficient (Wildman–Crippen LogP) is 4.50. The second-order valence-electron chi connectivity index (χ2n) is 7.58. The number of H-pyrrole nitrogens is 1. The van der Waals surface area contributed by atoms with Crippen molar-refractivity contribution in [2.24, 2.45) is 0 Å². The Morgan fingerprint density at radius 1 is 1.10 bits per heavy atom. The molecule has 1 aliphatic heterocycles. The maximum atomic E-state index is 13.1. The number of fused-ring (bicyclic) bond motifs is 2. The van der Waals surface area contributed by atoms with Gasteiger partial charge in [-0.05, 0) is 60.9 Å². The Labute approximate surface area is 168 Å². The van der Waals surface area contributed by atoms with Crippen LogP contribution in [0.15, 0.2) is 54.7 Å². The van der Waals surface area contributed by atoms with Crippen molar-refractivity contribution in [1.82, 2.24) is 20.1 Å². The molecule has 5 nitrogen and oxygen atoms in total. The summed E-state index contributed by atoms with van der Waals surface area (Å²) in [5.41, 5.74) is 7.59. The van der Waals surface area contributed by atoms with Crippen molar-refractivity contribution in [2.45, 2.75) is 19.9 Å². The van der Waals surface area contributed by atoms with Crippen LogP contribution in [0.25, 0.3) is 22.2 Å². The number of aromatic amines is 1. The highest BCUT2D eigenvalue weighted by Crippen LogP contribution is 2.32. The highest BCUT2D eigenvalue weighted by molar-refractivity contribution is 5.95. The van der Waals surface area contributed by atoms with Gasteiger partial charge >= 0.3 is 0 Å². The molecule has 5 rings (SSSR count). The highest BCUT2D eigenvalue weighted by Gasteiger charge is 2.18. The van der Waals surface area contributed by atoms with Crippen LogP contribution >= 0.6 is 0 Å². The molecule has 0 bridgehead atoms. The molecule has 0 aliphatic carbocycles. The Morgan fingerprint density at radius 3 is 2.79 bits per heavy atom. The summed E-state index contributed by atoms with van der Waals surface area (Å²) in [5, 5.41) is 12.4. The van der Waals surface area contributed by atoms with Crippen LogP contribution in [0.1, 0.15) is 16.8 Å². The quantitative estimate of drug-likeness (QED) is 0.541. The summed E-state index contributed by atoms with van der Waals surface area (Å²) < 4.78 is 13.1. The van der Waals surface area contributed by atoms with Gasteiger partial charge in [0.2, 0.25) is 0 Å². The fraction of sp³-hybridized carbons (Fsp3) is 0.217. The van der Waals surface area contributed by atoms with Crippen LogP contribution in [0, 0.1) is 12.7 Å². The molecule has 3 heterocycles. The molecule has 0 amide bonds. The van der Waals surface area contributed by atoms with Gasteiger partial charge in [-0.1, -0.05) is 12.1 Å². The van der Waals surface area contributed by atoms with Crippen molar-refractivity contribution in [2.75, 3.05) is 18.5 Å². The molecule has 0 fully saturated rings. The molecular weight excluding hydrogens is 365 g/mol. The van der Waals surface area contributed by atoms with E-state index >= 15 is 0 Å². The zero-order valence-corrected chi connectivity index (χ0v) is 16.2. The van der Waals surface area contributed by atoms with Crippen LogP contribution in [0.5, 0.6) is 0 Å². The third-order valence-corrected chi connectivity index (χ3v) is 5.47. The first-order valence-corrected chi connectivity index (χ1v) is 9.80. The van der Waals surface area contributed by atoms with Gasteiger partial charge in [0.25, 0.3) is 0 Å². The molecule has 0 radical (unpaired) electrons. The molecule has 0 atom stereocenters. The first kappa shape index (κ1) is 17.8. The van der Waals surface area contributed by atoms with Crippen molar-refractivity contribution in [3.8, 4) is 11.3 Å². The molecule has 2 aromatic carbocycles. The lowest BCUT2D eigenvalue weighted by atomic mass is 10.0. The standard InChI is InChI=1S/C23H22FN5/c1-15-10-17(6-8-25-15)23-20-11-18-13-29(9-7-16-2-4-19(24)5-3-16)14-26-21(18)12-22(20)27-28-23/h2-6,8,10-12,26H,7,9,13-14H2,1H3,(H,27,28). The van der Waals surface area contributed by atoms with E-state index in [1.54, 1.807) is 0 Å². The molecule has 2 aromatic heterocycles. The van der Waals surface area contributed by atoms with Crippen molar-refractivity contribution in [1.29, 1.82) is 0 Å². The third-order valence-electron chi connectivity index (χ3n) is 5.47. The normalized spacial score (nSPS) is 14.0. The molecule has 146 valence electrons. The van der Waals surface area contributed by atoms with E-state index in [0.29, 0.717) is 0 Å². The van der Waals surface area contributed by atoms with Crippen LogP contribution in [0.2, 0.25) is 0 Å². The molecule has 2 N–H and O–H groups in total. The Kier molecular flexibility index (Phi) is 4.48. The van der Waals surface area contributed by atoms with E-state index < -0.39 is 0 Å². The second-order valence-corrected chi connectivity index (χ2v) is 7.58. The number of aromatic nitrogens is 3. The average Bonchev–Trinajstić information content (AvgIpc) is 3.14. The van der Waals surface area contributed by atoms with Crippen molar-refractivity contribution in [3.05, 3.63) is 77.4 Å². The third kappa shape index (κ3) is 3.59. The van der Waals surface area contributed by atoms with Gasteiger partial charge in [0, 0.05) is 41.6 Å². The van der Waals surface area contributed by atoms with Crippen molar-refractivity contribution >= 4 is 16.6 Å². The number of hydrogen-bond donors (Lipinski definition) is 2. The van der Waals surface area contributed by atoms with E-state index in [1.807, 2.05) is 31.3 Å². The van der Waals surface area contributed by atoms with Gasteiger partial charge in [0.15, 0.2) is 0 Å². The summed E-state index contributed by atoms with van der Waals surface area (Å²) in [6.45, 7) is 4.57. The first-order chi connectivity index (χ1) is 14.2. The number of pyridine rings is 1. The molecule has 1 aliphatic rings. The Hall–Kier alpha value is -3.25. The largest absolute Gasteiger partial charge is 0.372 e. The molecule has 4 aromatic rings. The highest BCUT2D eigenvalue weighted by atomic mass is 19.1. The Balaban J connectivity index is 1.39. The van der Waals surface area contributed by atoms with Gasteiger partial charge in [0.05, 0.1) is 12.2 Å². The maximum Gasteiger partial charge on any atom is 0.123 e. The van der Waals surface area contributed by atoms with E-state index in [4.69, 9.17) is 0 Å². The number of aryl methyl sites for hydroxylation is 1. The monoisotopic (exact) mass is 387 g/mol. The minimum absolute atomic E-state index is 0.188. The molecule has 0 spiro atoms. The Morgan fingerprint density at radius 2 is 1.97 bits per heavy atom. The minimum atomic E-state index is -0.188. The molecule has 0 unspecified atom stereocenters. The summed E-state index contributed by atoms with van der Waals surface area (Å²) in [6, 6.07) is 15.2. The van der Waals surface area contributed by atoms with Crippen LogP contribution in [0.4, 0.5) is 10.1 Å². The fourth-order valence-electron chi connectivity index (χ4n) is 3.91. The van der Waals surface area contributed by atoms with E-state index in [2.05, 4.69) is 43.6 Å². The fourth-order valence-corrected chi connectivity index (χ4v) is 3.91. The number of nitrogens with zero attached hydrogens (tertiary/aromatic N) is 3. The van der Waals surface area contributed by atoms with Crippen molar-refractivity contribution < 1.29 is 4.39 Å². The lowest BCUT2D eigenvalue weighted by Crippen LogP contribution is -2.35.